The molecule has 0 spiro atoms. The van der Waals surface area contributed by atoms with E-state index in [4.69, 9.17) is 10.5 Å². The van der Waals surface area contributed by atoms with Crippen molar-refractivity contribution in [1.82, 2.24) is 9.21 Å². The molecule has 0 bridgehead atoms. The quantitative estimate of drug-likeness (QED) is 0.354. The van der Waals surface area contributed by atoms with E-state index in [1.807, 2.05) is 0 Å². The summed E-state index contributed by atoms with van der Waals surface area (Å²) in [5, 5.41) is 9.58. The molecule has 31 heavy (non-hydrogen) atoms. The van der Waals surface area contributed by atoms with Gasteiger partial charge in [-0.25, -0.2) is 22.9 Å². The Kier molecular flexibility index (Phi) is 10.3. The summed E-state index contributed by atoms with van der Waals surface area (Å²) in [7, 11) is -2.87. The largest absolute Gasteiger partial charge is 0.480 e. The van der Waals surface area contributed by atoms with Gasteiger partial charge in [-0.15, -0.1) is 0 Å². The van der Waals surface area contributed by atoms with Gasteiger partial charge in [-0.1, -0.05) is 30.4 Å². The Balaban J connectivity index is 3.14. The highest BCUT2D eigenvalue weighted by Crippen LogP contribution is 2.17. The van der Waals surface area contributed by atoms with Crippen LogP contribution in [0.2, 0.25) is 0 Å². The maximum absolute atomic E-state index is 12.9. The Morgan fingerprint density at radius 1 is 1.23 bits per heavy atom. The van der Waals surface area contributed by atoms with Crippen molar-refractivity contribution in [3.05, 3.63) is 42.5 Å². The topological polar surface area (TPSA) is 147 Å². The van der Waals surface area contributed by atoms with Crippen molar-refractivity contribution in [3.63, 3.8) is 0 Å². The summed E-state index contributed by atoms with van der Waals surface area (Å²) in [6.45, 7) is 4.53. The second-order valence-corrected chi connectivity index (χ2v) is 8.89. The van der Waals surface area contributed by atoms with Gasteiger partial charge in [-0.05, 0) is 44.9 Å². The lowest BCUT2D eigenvalue weighted by molar-refractivity contribution is -0.149. The van der Waals surface area contributed by atoms with Crippen LogP contribution in [0.3, 0.4) is 0 Å². The standard InChI is InChI=1S/C20H29N3O7S/c1-4-13-30-20(27)23(17(19(25)26)7-5-6-12-21)18(24)14-22(3)31(28,29)16-10-8-15(2)9-11-16/h4,8-11,17H,1,5-7,12-14,21H2,2-3H3,(H,25,26)/t17-/m0/s1. The van der Waals surface area contributed by atoms with Crippen molar-refractivity contribution in [2.75, 3.05) is 26.7 Å². The summed E-state index contributed by atoms with van der Waals surface area (Å²) in [5.41, 5.74) is 6.28. The number of carboxylic acids is 1. The number of carboxylic acid groups (broad SMARTS) is 1. The molecule has 3 N–H and O–H groups in total. The number of nitrogens with zero attached hydrogens (tertiary/aromatic N) is 2. The van der Waals surface area contributed by atoms with Crippen LogP contribution in [-0.4, -0.2) is 73.5 Å². The third-order valence-corrected chi connectivity index (χ3v) is 6.22. The number of rotatable bonds is 12. The van der Waals surface area contributed by atoms with Gasteiger partial charge in [0.2, 0.25) is 15.9 Å². The second kappa shape index (κ2) is 12.2. The predicted octanol–water partition coefficient (Wildman–Crippen LogP) is 1.35. The van der Waals surface area contributed by atoms with E-state index in [0.29, 0.717) is 24.3 Å². The minimum absolute atomic E-state index is 0.0353. The third-order valence-electron chi connectivity index (χ3n) is 4.41. The molecule has 1 aromatic rings. The lowest BCUT2D eigenvalue weighted by Gasteiger charge is -2.28. The smallest absolute Gasteiger partial charge is 0.417 e. The molecule has 0 fully saturated rings. The number of carbonyl (C=O) groups is 3. The molecule has 0 saturated heterocycles. The van der Waals surface area contributed by atoms with E-state index in [-0.39, 0.29) is 17.9 Å². The molecule has 0 saturated carbocycles. The van der Waals surface area contributed by atoms with Crippen molar-refractivity contribution < 1.29 is 32.6 Å². The fraction of sp³-hybridized carbons (Fsp3) is 0.450. The Bertz CT molecular complexity index is 885. The number of sulfonamides is 1. The molecule has 1 rings (SSSR count). The number of hydrogen-bond acceptors (Lipinski definition) is 7. The molecule has 0 aliphatic carbocycles. The van der Waals surface area contributed by atoms with Crippen LogP contribution in [0.1, 0.15) is 24.8 Å². The average Bonchev–Trinajstić information content (AvgIpc) is 2.71. The zero-order valence-corrected chi connectivity index (χ0v) is 18.5. The van der Waals surface area contributed by atoms with Crippen molar-refractivity contribution >= 4 is 28.0 Å². The van der Waals surface area contributed by atoms with Gasteiger partial charge >= 0.3 is 12.1 Å². The number of ether oxygens (including phenoxy) is 1. The highest BCUT2D eigenvalue weighted by molar-refractivity contribution is 7.89. The zero-order chi connectivity index (χ0) is 23.6. The summed E-state index contributed by atoms with van der Waals surface area (Å²) in [6, 6.07) is 4.49. The molecule has 1 atom stereocenters. The number of likely N-dealkylation sites (N-methyl/N-ethyl adjacent to an activating group) is 1. The first-order valence-corrected chi connectivity index (χ1v) is 11.1. The summed E-state index contributed by atoms with van der Waals surface area (Å²) in [6.07, 6.45) is 0.874. The lowest BCUT2D eigenvalue weighted by atomic mass is 10.1. The maximum Gasteiger partial charge on any atom is 0.417 e. The molecule has 0 unspecified atom stereocenters. The normalized spacial score (nSPS) is 12.3. The average molecular weight is 456 g/mol. The highest BCUT2D eigenvalue weighted by atomic mass is 32.2. The first-order chi connectivity index (χ1) is 14.6. The Labute approximate surface area is 182 Å². The molecule has 10 nitrogen and oxygen atoms in total. The zero-order valence-electron chi connectivity index (χ0n) is 17.7. The number of nitrogens with two attached hydrogens (primary N) is 1. The summed E-state index contributed by atoms with van der Waals surface area (Å²) < 4.78 is 31.1. The van der Waals surface area contributed by atoms with Gasteiger partial charge in [0.25, 0.3) is 0 Å². The number of unbranched alkanes of at least 4 members (excludes halogenated alkanes) is 1. The Hall–Kier alpha value is -2.76. The fourth-order valence-corrected chi connectivity index (χ4v) is 3.81. The van der Waals surface area contributed by atoms with E-state index in [0.717, 1.165) is 9.87 Å². The molecule has 0 aliphatic rings. The second-order valence-electron chi connectivity index (χ2n) is 6.84. The fourth-order valence-electron chi connectivity index (χ4n) is 2.69. The number of imide groups is 1. The molecule has 11 heteroatoms. The Morgan fingerprint density at radius 3 is 2.35 bits per heavy atom. The molecule has 0 radical (unpaired) electrons. The van der Waals surface area contributed by atoms with Gasteiger partial charge in [0.1, 0.15) is 12.6 Å². The SMILES string of the molecule is C=CCOC(=O)N(C(=O)CN(C)S(=O)(=O)c1ccc(C)cc1)[C@@H](CCCCN)C(=O)O. The molecule has 2 amide bonds. The van der Waals surface area contributed by atoms with Crippen LogP contribution < -0.4 is 5.73 Å². The van der Waals surface area contributed by atoms with E-state index < -0.39 is 40.6 Å². The van der Waals surface area contributed by atoms with Crippen molar-refractivity contribution in [1.29, 1.82) is 0 Å². The molecule has 0 aliphatic heterocycles. The number of aliphatic carboxylic acids is 1. The van der Waals surface area contributed by atoms with Gasteiger partial charge in [-0.2, -0.15) is 4.31 Å². The van der Waals surface area contributed by atoms with Gasteiger partial charge in [0.15, 0.2) is 0 Å². The van der Waals surface area contributed by atoms with Crippen LogP contribution in [-0.2, 0) is 24.3 Å². The molecular weight excluding hydrogens is 426 g/mol. The van der Waals surface area contributed by atoms with Crippen molar-refractivity contribution in [3.8, 4) is 0 Å². The molecule has 0 aromatic heterocycles. The van der Waals surface area contributed by atoms with E-state index in [1.165, 1.54) is 25.3 Å². The monoisotopic (exact) mass is 455 g/mol. The van der Waals surface area contributed by atoms with Crippen LogP contribution >= 0.6 is 0 Å². The molecule has 172 valence electrons. The van der Waals surface area contributed by atoms with E-state index >= 15 is 0 Å². The number of benzene rings is 1. The third kappa shape index (κ3) is 7.46. The molecule has 1 aromatic carbocycles. The van der Waals surface area contributed by atoms with E-state index in [9.17, 15) is 27.9 Å². The van der Waals surface area contributed by atoms with Crippen LogP contribution in [0.4, 0.5) is 4.79 Å². The van der Waals surface area contributed by atoms with Gasteiger partial charge < -0.3 is 15.6 Å². The summed E-state index contributed by atoms with van der Waals surface area (Å²) in [5.74, 6) is -2.43. The lowest BCUT2D eigenvalue weighted by Crippen LogP contribution is -2.52. The number of aryl methyl sites for hydroxylation is 1. The number of hydrogen-bond donors (Lipinski definition) is 2. The van der Waals surface area contributed by atoms with Gasteiger partial charge in [-0.3, -0.25) is 4.79 Å². The first-order valence-electron chi connectivity index (χ1n) is 9.61. The highest BCUT2D eigenvalue weighted by Gasteiger charge is 2.37. The van der Waals surface area contributed by atoms with E-state index in [1.54, 1.807) is 19.1 Å². The van der Waals surface area contributed by atoms with Crippen LogP contribution in [0.15, 0.2) is 41.8 Å². The van der Waals surface area contributed by atoms with Gasteiger partial charge in [0, 0.05) is 7.05 Å². The first kappa shape index (κ1) is 26.3. The molecular formula is C20H29N3O7S. The summed E-state index contributed by atoms with van der Waals surface area (Å²) in [4.78, 5) is 37.5. The van der Waals surface area contributed by atoms with Crippen molar-refractivity contribution in [2.24, 2.45) is 5.73 Å². The van der Waals surface area contributed by atoms with Crippen molar-refractivity contribution in [2.45, 2.75) is 37.1 Å². The Morgan fingerprint density at radius 2 is 1.84 bits per heavy atom. The number of amides is 2. The minimum Gasteiger partial charge on any atom is -0.480 e. The predicted molar refractivity (Wildman–Crippen MR) is 114 cm³/mol. The number of carbonyl (C=O) groups excluding carboxylic acids is 2. The summed E-state index contributed by atoms with van der Waals surface area (Å²) >= 11 is 0. The minimum atomic E-state index is -4.04. The van der Waals surface area contributed by atoms with Gasteiger partial charge in [0.05, 0.1) is 11.4 Å². The van der Waals surface area contributed by atoms with E-state index in [2.05, 4.69) is 6.58 Å². The maximum atomic E-state index is 12.9. The van der Waals surface area contributed by atoms with Crippen LogP contribution in [0.5, 0.6) is 0 Å². The molecule has 0 heterocycles. The van der Waals surface area contributed by atoms with Crippen LogP contribution in [0.25, 0.3) is 0 Å². The van der Waals surface area contributed by atoms with Crippen LogP contribution in [0, 0.1) is 6.92 Å².